The molecule has 7 heteroatoms. The van der Waals surface area contributed by atoms with Crippen molar-refractivity contribution in [3.63, 3.8) is 0 Å². The zero-order valence-electron chi connectivity index (χ0n) is 17.8. The Kier molecular flexibility index (Phi) is 6.52. The van der Waals surface area contributed by atoms with Crippen molar-refractivity contribution in [3.05, 3.63) is 77.4 Å². The van der Waals surface area contributed by atoms with Crippen molar-refractivity contribution in [2.75, 3.05) is 25.2 Å². The van der Waals surface area contributed by atoms with Crippen molar-refractivity contribution >= 4 is 11.6 Å². The van der Waals surface area contributed by atoms with Crippen molar-refractivity contribution in [2.45, 2.75) is 32.5 Å². The molecule has 0 spiro atoms. The number of carbonyl (C=O) groups excluding carboxylic acids is 1. The van der Waals surface area contributed by atoms with Crippen LogP contribution in [0.3, 0.4) is 0 Å². The second-order valence-corrected chi connectivity index (χ2v) is 7.60. The van der Waals surface area contributed by atoms with Gasteiger partial charge in [0.1, 0.15) is 12.4 Å². The van der Waals surface area contributed by atoms with E-state index in [1.54, 1.807) is 31.7 Å². The first-order valence-corrected chi connectivity index (χ1v) is 10.4. The van der Waals surface area contributed by atoms with Crippen LogP contribution in [0.25, 0.3) is 0 Å². The molecule has 3 heterocycles. The third kappa shape index (κ3) is 4.88. The van der Waals surface area contributed by atoms with E-state index in [4.69, 9.17) is 13.9 Å². The minimum atomic E-state index is -0.163. The summed E-state index contributed by atoms with van der Waals surface area (Å²) in [5.74, 6) is 1.04. The van der Waals surface area contributed by atoms with Gasteiger partial charge in [-0.3, -0.25) is 4.79 Å². The van der Waals surface area contributed by atoms with Crippen molar-refractivity contribution in [2.24, 2.45) is 0 Å². The minimum absolute atomic E-state index is 0.163. The van der Waals surface area contributed by atoms with Gasteiger partial charge in [-0.1, -0.05) is 24.3 Å². The summed E-state index contributed by atoms with van der Waals surface area (Å²) in [6.07, 6.45) is 4.27. The summed E-state index contributed by atoms with van der Waals surface area (Å²) in [6.45, 7) is 4.08. The van der Waals surface area contributed by atoms with Gasteiger partial charge in [0.25, 0.3) is 5.91 Å². The number of aromatic nitrogens is 1. The van der Waals surface area contributed by atoms with Gasteiger partial charge in [-0.05, 0) is 36.6 Å². The van der Waals surface area contributed by atoms with Gasteiger partial charge in [-0.2, -0.15) is 0 Å². The first-order chi connectivity index (χ1) is 15.2. The van der Waals surface area contributed by atoms with Gasteiger partial charge in [0, 0.05) is 37.6 Å². The predicted molar refractivity (Wildman–Crippen MR) is 117 cm³/mol. The zero-order chi connectivity index (χ0) is 21.6. The van der Waals surface area contributed by atoms with Crippen LogP contribution in [0.5, 0.6) is 5.88 Å². The van der Waals surface area contributed by atoms with Crippen LogP contribution in [0, 0.1) is 0 Å². The van der Waals surface area contributed by atoms with E-state index in [0.717, 1.165) is 12.0 Å². The standard InChI is InChI=1S/C24H27N3O4/c1-17-13-19-5-3-4-6-21(19)27(17)16-22-20(9-10-30-22)24(28)26-15-18-7-8-23(25-14-18)31-12-11-29-2/h3-10,14,17H,11-13,15-16H2,1-2H3,(H,26,28). The Balaban J connectivity index is 1.36. The molecule has 1 aliphatic heterocycles. The second kappa shape index (κ2) is 9.66. The Morgan fingerprint density at radius 3 is 2.90 bits per heavy atom. The lowest BCUT2D eigenvalue weighted by Gasteiger charge is -2.24. The van der Waals surface area contributed by atoms with Crippen LogP contribution in [0.2, 0.25) is 0 Å². The number of hydrogen-bond donors (Lipinski definition) is 1. The van der Waals surface area contributed by atoms with Crippen molar-refractivity contribution < 1.29 is 18.7 Å². The van der Waals surface area contributed by atoms with Gasteiger partial charge < -0.3 is 24.1 Å². The number of nitrogens with zero attached hydrogens (tertiary/aromatic N) is 2. The van der Waals surface area contributed by atoms with Crippen LogP contribution < -0.4 is 15.0 Å². The molecule has 3 aromatic rings. The molecule has 0 radical (unpaired) electrons. The maximum atomic E-state index is 12.8. The highest BCUT2D eigenvalue weighted by molar-refractivity contribution is 5.95. The average Bonchev–Trinajstić information content (AvgIpc) is 3.38. The summed E-state index contributed by atoms with van der Waals surface area (Å²) in [4.78, 5) is 19.3. The Labute approximate surface area is 182 Å². The van der Waals surface area contributed by atoms with E-state index in [1.165, 1.54) is 11.3 Å². The number of ether oxygens (including phenoxy) is 2. The van der Waals surface area contributed by atoms with Crippen molar-refractivity contribution in [1.29, 1.82) is 0 Å². The molecule has 1 N–H and O–H groups in total. The Morgan fingerprint density at radius 2 is 2.10 bits per heavy atom. The number of pyridine rings is 1. The lowest BCUT2D eigenvalue weighted by Crippen LogP contribution is -2.30. The number of carbonyl (C=O) groups is 1. The molecule has 1 unspecified atom stereocenters. The van der Waals surface area contributed by atoms with Crippen LogP contribution in [-0.4, -0.2) is 37.3 Å². The van der Waals surface area contributed by atoms with Gasteiger partial charge in [0.05, 0.1) is 25.0 Å². The van der Waals surface area contributed by atoms with Crippen molar-refractivity contribution in [3.8, 4) is 5.88 Å². The summed E-state index contributed by atoms with van der Waals surface area (Å²) in [6, 6.07) is 14.1. The Morgan fingerprint density at radius 1 is 1.23 bits per heavy atom. The molecule has 1 aliphatic rings. The van der Waals surface area contributed by atoms with E-state index in [1.807, 2.05) is 12.1 Å². The third-order valence-electron chi connectivity index (χ3n) is 5.44. The Hall–Kier alpha value is -3.32. The fraction of sp³-hybridized carbons (Fsp3) is 0.333. The molecule has 1 amide bonds. The number of benzene rings is 1. The summed E-state index contributed by atoms with van der Waals surface area (Å²) in [7, 11) is 1.62. The summed E-state index contributed by atoms with van der Waals surface area (Å²) in [5.41, 5.74) is 3.98. The smallest absolute Gasteiger partial charge is 0.255 e. The van der Waals surface area contributed by atoms with Crippen LogP contribution in [0.4, 0.5) is 5.69 Å². The molecule has 0 saturated heterocycles. The summed E-state index contributed by atoms with van der Waals surface area (Å²) >= 11 is 0. The predicted octanol–water partition coefficient (Wildman–Crippen LogP) is 3.58. The minimum Gasteiger partial charge on any atom is -0.475 e. The first-order valence-electron chi connectivity index (χ1n) is 10.4. The normalized spacial score (nSPS) is 15.0. The van der Waals surface area contributed by atoms with Crippen LogP contribution >= 0.6 is 0 Å². The molecule has 1 aromatic carbocycles. The van der Waals surface area contributed by atoms with E-state index in [9.17, 15) is 4.79 Å². The quantitative estimate of drug-likeness (QED) is 0.532. The maximum absolute atomic E-state index is 12.8. The van der Waals surface area contributed by atoms with Crippen LogP contribution in [0.15, 0.2) is 59.3 Å². The number of furan rings is 1. The van der Waals surface area contributed by atoms with Gasteiger partial charge >= 0.3 is 0 Å². The zero-order valence-corrected chi connectivity index (χ0v) is 17.8. The highest BCUT2D eigenvalue weighted by Gasteiger charge is 2.27. The molecule has 0 bridgehead atoms. The number of hydrogen-bond acceptors (Lipinski definition) is 6. The molecule has 0 saturated carbocycles. The summed E-state index contributed by atoms with van der Waals surface area (Å²) in [5, 5.41) is 2.95. The molecule has 31 heavy (non-hydrogen) atoms. The number of nitrogens with one attached hydrogen (secondary N) is 1. The molecule has 162 valence electrons. The molecule has 0 fully saturated rings. The number of anilines is 1. The fourth-order valence-electron chi connectivity index (χ4n) is 3.80. The second-order valence-electron chi connectivity index (χ2n) is 7.60. The highest BCUT2D eigenvalue weighted by atomic mass is 16.5. The molecule has 7 nitrogen and oxygen atoms in total. The number of para-hydroxylation sites is 1. The maximum Gasteiger partial charge on any atom is 0.255 e. The SMILES string of the molecule is COCCOc1ccc(CNC(=O)c2ccoc2CN2c3ccccc3CC2C)cn1. The molecular weight excluding hydrogens is 394 g/mol. The van der Waals surface area contributed by atoms with Crippen molar-refractivity contribution in [1.82, 2.24) is 10.3 Å². The molecule has 0 aliphatic carbocycles. The van der Waals surface area contributed by atoms with Crippen LogP contribution in [0.1, 0.15) is 34.2 Å². The lowest BCUT2D eigenvalue weighted by molar-refractivity contribution is 0.0949. The third-order valence-corrected chi connectivity index (χ3v) is 5.44. The van der Waals surface area contributed by atoms with E-state index < -0.39 is 0 Å². The Bertz CT molecular complexity index is 1020. The van der Waals surface area contributed by atoms with Gasteiger partial charge in [0.15, 0.2) is 0 Å². The average molecular weight is 421 g/mol. The fourth-order valence-corrected chi connectivity index (χ4v) is 3.80. The van der Waals surface area contributed by atoms with E-state index in [2.05, 4.69) is 40.3 Å². The van der Waals surface area contributed by atoms with Crippen LogP contribution in [-0.2, 0) is 24.2 Å². The van der Waals surface area contributed by atoms with E-state index in [0.29, 0.717) is 49.5 Å². The molecule has 1 atom stereocenters. The first kappa shape index (κ1) is 20.9. The molecule has 4 rings (SSSR count). The van der Waals surface area contributed by atoms with E-state index >= 15 is 0 Å². The van der Waals surface area contributed by atoms with Gasteiger partial charge in [-0.25, -0.2) is 4.98 Å². The number of rotatable bonds is 9. The topological polar surface area (TPSA) is 76.8 Å². The highest BCUT2D eigenvalue weighted by Crippen LogP contribution is 2.33. The van der Waals surface area contributed by atoms with E-state index in [-0.39, 0.29) is 5.91 Å². The van der Waals surface area contributed by atoms with Gasteiger partial charge in [-0.15, -0.1) is 0 Å². The monoisotopic (exact) mass is 421 g/mol. The lowest BCUT2D eigenvalue weighted by atomic mass is 10.1. The number of amides is 1. The number of methoxy groups -OCH3 is 1. The number of fused-ring (bicyclic) bond motifs is 1. The molecule has 2 aromatic heterocycles. The summed E-state index contributed by atoms with van der Waals surface area (Å²) < 4.78 is 16.1. The molecular formula is C24H27N3O4. The van der Waals surface area contributed by atoms with Gasteiger partial charge in [0.2, 0.25) is 5.88 Å². The largest absolute Gasteiger partial charge is 0.475 e.